The number of nitrogens with two attached hydrogens (primary N) is 1. The van der Waals surface area contributed by atoms with Crippen LogP contribution in [0.25, 0.3) is 0 Å². The Labute approximate surface area is 115 Å². The summed E-state index contributed by atoms with van der Waals surface area (Å²) in [5.74, 6) is 0.604. The van der Waals surface area contributed by atoms with E-state index in [4.69, 9.17) is 5.73 Å². The van der Waals surface area contributed by atoms with Crippen LogP contribution in [0.1, 0.15) is 38.8 Å². The van der Waals surface area contributed by atoms with Gasteiger partial charge in [-0.05, 0) is 24.8 Å². The van der Waals surface area contributed by atoms with Gasteiger partial charge in [-0.1, -0.05) is 44.2 Å². The molecule has 1 aromatic carbocycles. The summed E-state index contributed by atoms with van der Waals surface area (Å²) >= 11 is 0. The summed E-state index contributed by atoms with van der Waals surface area (Å²) in [5, 5.41) is 0. The Morgan fingerprint density at radius 3 is 2.47 bits per heavy atom. The second kappa shape index (κ2) is 5.74. The maximum Gasteiger partial charge on any atom is 0.227 e. The second-order valence-corrected chi connectivity index (χ2v) is 5.76. The van der Waals surface area contributed by atoms with Crippen LogP contribution in [0.3, 0.4) is 0 Å². The summed E-state index contributed by atoms with van der Waals surface area (Å²) < 4.78 is 0. The summed E-state index contributed by atoms with van der Waals surface area (Å²) in [6, 6.07) is 9.98. The first-order valence-corrected chi connectivity index (χ1v) is 7.13. The van der Waals surface area contributed by atoms with E-state index in [1.165, 1.54) is 0 Å². The molecule has 1 fully saturated rings. The van der Waals surface area contributed by atoms with Gasteiger partial charge in [-0.25, -0.2) is 0 Å². The third-order valence-electron chi connectivity index (χ3n) is 4.54. The van der Waals surface area contributed by atoms with E-state index in [1.807, 2.05) is 42.2 Å². The first kappa shape index (κ1) is 14.1. The van der Waals surface area contributed by atoms with Gasteiger partial charge in [-0.15, -0.1) is 0 Å². The molecule has 0 radical (unpaired) electrons. The zero-order valence-electron chi connectivity index (χ0n) is 12.0. The minimum atomic E-state index is -0.225. The van der Waals surface area contributed by atoms with Crippen molar-refractivity contribution in [2.45, 2.75) is 39.3 Å². The van der Waals surface area contributed by atoms with E-state index >= 15 is 0 Å². The van der Waals surface area contributed by atoms with E-state index in [2.05, 4.69) is 13.8 Å². The zero-order chi connectivity index (χ0) is 14.0. The highest BCUT2D eigenvalue weighted by Gasteiger charge is 2.35. The SMILES string of the molecule is CC1CCN(C(=O)C(C)C(N)c2ccccc2)C1C. The Bertz CT molecular complexity index is 432. The third kappa shape index (κ3) is 2.81. The molecule has 3 nitrogen and oxygen atoms in total. The van der Waals surface area contributed by atoms with Crippen LogP contribution in [0, 0.1) is 11.8 Å². The van der Waals surface area contributed by atoms with Crippen molar-refractivity contribution in [2.24, 2.45) is 17.6 Å². The molecule has 2 rings (SSSR count). The minimum absolute atomic E-state index is 0.171. The van der Waals surface area contributed by atoms with Crippen molar-refractivity contribution in [1.29, 1.82) is 0 Å². The van der Waals surface area contributed by atoms with Gasteiger partial charge in [0.15, 0.2) is 0 Å². The fourth-order valence-corrected chi connectivity index (χ4v) is 2.78. The average molecular weight is 260 g/mol. The lowest BCUT2D eigenvalue weighted by Gasteiger charge is -2.29. The standard InChI is InChI=1S/C16H24N2O/c1-11-9-10-18(13(11)3)16(19)12(2)15(17)14-7-5-4-6-8-14/h4-8,11-13,15H,9-10,17H2,1-3H3. The summed E-state index contributed by atoms with van der Waals surface area (Å²) in [6.45, 7) is 7.15. The molecule has 4 atom stereocenters. The molecule has 1 aliphatic rings. The summed E-state index contributed by atoms with van der Waals surface area (Å²) in [7, 11) is 0. The Hall–Kier alpha value is -1.35. The normalized spacial score (nSPS) is 26.2. The highest BCUT2D eigenvalue weighted by molar-refractivity contribution is 5.80. The van der Waals surface area contributed by atoms with Crippen LogP contribution in [0.2, 0.25) is 0 Å². The second-order valence-electron chi connectivity index (χ2n) is 5.76. The van der Waals surface area contributed by atoms with Crippen LogP contribution in [-0.4, -0.2) is 23.4 Å². The molecule has 1 aliphatic heterocycles. The van der Waals surface area contributed by atoms with E-state index in [0.29, 0.717) is 12.0 Å². The molecule has 4 unspecified atom stereocenters. The van der Waals surface area contributed by atoms with Crippen LogP contribution in [0.4, 0.5) is 0 Å². The lowest BCUT2D eigenvalue weighted by molar-refractivity contribution is -0.136. The minimum Gasteiger partial charge on any atom is -0.339 e. The summed E-state index contributed by atoms with van der Waals surface area (Å²) in [4.78, 5) is 14.6. The van der Waals surface area contributed by atoms with Gasteiger partial charge < -0.3 is 10.6 Å². The van der Waals surface area contributed by atoms with Crippen LogP contribution < -0.4 is 5.73 Å². The number of hydrogen-bond donors (Lipinski definition) is 1. The fourth-order valence-electron chi connectivity index (χ4n) is 2.78. The van der Waals surface area contributed by atoms with E-state index in [0.717, 1.165) is 18.5 Å². The molecule has 0 bridgehead atoms. The highest BCUT2D eigenvalue weighted by atomic mass is 16.2. The fraction of sp³-hybridized carbons (Fsp3) is 0.562. The lowest BCUT2D eigenvalue weighted by atomic mass is 9.94. The molecule has 1 amide bonds. The number of hydrogen-bond acceptors (Lipinski definition) is 2. The van der Waals surface area contributed by atoms with E-state index in [-0.39, 0.29) is 17.9 Å². The number of nitrogens with zero attached hydrogens (tertiary/aromatic N) is 1. The van der Waals surface area contributed by atoms with Crippen molar-refractivity contribution in [1.82, 2.24) is 4.90 Å². The zero-order valence-corrected chi connectivity index (χ0v) is 12.0. The molecule has 19 heavy (non-hydrogen) atoms. The third-order valence-corrected chi connectivity index (χ3v) is 4.54. The topological polar surface area (TPSA) is 46.3 Å². The molecule has 3 heteroatoms. The van der Waals surface area contributed by atoms with Crippen molar-refractivity contribution in [2.75, 3.05) is 6.54 Å². The van der Waals surface area contributed by atoms with Crippen LogP contribution in [0.15, 0.2) is 30.3 Å². The predicted molar refractivity (Wildman–Crippen MR) is 77.5 cm³/mol. The van der Waals surface area contributed by atoms with Gasteiger partial charge in [-0.2, -0.15) is 0 Å². The quantitative estimate of drug-likeness (QED) is 0.908. The first-order valence-electron chi connectivity index (χ1n) is 7.13. The van der Waals surface area contributed by atoms with Crippen molar-refractivity contribution in [3.63, 3.8) is 0 Å². The lowest BCUT2D eigenvalue weighted by Crippen LogP contribution is -2.42. The number of carbonyl (C=O) groups excluding carboxylic acids is 1. The molecule has 1 saturated heterocycles. The number of carbonyl (C=O) groups is 1. The number of likely N-dealkylation sites (tertiary alicyclic amines) is 1. The van der Waals surface area contributed by atoms with Crippen molar-refractivity contribution >= 4 is 5.91 Å². The van der Waals surface area contributed by atoms with E-state index < -0.39 is 0 Å². The average Bonchev–Trinajstić information content (AvgIpc) is 2.77. The Kier molecular flexibility index (Phi) is 4.25. The number of benzene rings is 1. The van der Waals surface area contributed by atoms with Gasteiger partial charge in [-0.3, -0.25) is 4.79 Å². The number of rotatable bonds is 3. The molecular weight excluding hydrogens is 236 g/mol. The highest BCUT2D eigenvalue weighted by Crippen LogP contribution is 2.28. The largest absolute Gasteiger partial charge is 0.339 e. The Morgan fingerprint density at radius 2 is 1.95 bits per heavy atom. The Balaban J connectivity index is 2.07. The number of amides is 1. The maximum atomic E-state index is 12.6. The van der Waals surface area contributed by atoms with Crippen LogP contribution in [-0.2, 0) is 4.79 Å². The molecule has 0 aliphatic carbocycles. The van der Waals surface area contributed by atoms with Crippen molar-refractivity contribution in [3.8, 4) is 0 Å². The first-order chi connectivity index (χ1) is 9.02. The molecule has 0 spiro atoms. The van der Waals surface area contributed by atoms with E-state index in [9.17, 15) is 4.79 Å². The molecule has 104 valence electrons. The van der Waals surface area contributed by atoms with Crippen molar-refractivity contribution in [3.05, 3.63) is 35.9 Å². The monoisotopic (exact) mass is 260 g/mol. The van der Waals surface area contributed by atoms with Gasteiger partial charge in [0.1, 0.15) is 0 Å². The maximum absolute atomic E-state index is 12.6. The molecule has 0 aromatic heterocycles. The van der Waals surface area contributed by atoms with Crippen molar-refractivity contribution < 1.29 is 4.79 Å². The van der Waals surface area contributed by atoms with Gasteiger partial charge >= 0.3 is 0 Å². The van der Waals surface area contributed by atoms with Gasteiger partial charge in [0.25, 0.3) is 0 Å². The molecular formula is C16H24N2O. The van der Waals surface area contributed by atoms with Crippen LogP contribution in [0.5, 0.6) is 0 Å². The molecule has 2 N–H and O–H groups in total. The van der Waals surface area contributed by atoms with Gasteiger partial charge in [0.2, 0.25) is 5.91 Å². The summed E-state index contributed by atoms with van der Waals surface area (Å²) in [6.07, 6.45) is 1.10. The van der Waals surface area contributed by atoms with Gasteiger partial charge in [0.05, 0.1) is 5.92 Å². The van der Waals surface area contributed by atoms with Crippen LogP contribution >= 0.6 is 0 Å². The predicted octanol–water partition coefficient (Wildman–Crippen LogP) is 2.58. The molecule has 1 aromatic rings. The Morgan fingerprint density at radius 1 is 1.32 bits per heavy atom. The van der Waals surface area contributed by atoms with Gasteiger partial charge in [0, 0.05) is 18.6 Å². The van der Waals surface area contributed by atoms with E-state index in [1.54, 1.807) is 0 Å². The smallest absolute Gasteiger partial charge is 0.227 e. The molecule has 1 heterocycles. The summed E-state index contributed by atoms with van der Waals surface area (Å²) in [5.41, 5.74) is 7.27. The molecule has 0 saturated carbocycles.